The predicted molar refractivity (Wildman–Crippen MR) is 84.7 cm³/mol. The average molecular weight is 301 g/mol. The van der Waals surface area contributed by atoms with Gasteiger partial charge in [-0.1, -0.05) is 23.7 Å². The number of hydrogen-bond acceptors (Lipinski definition) is 2. The summed E-state index contributed by atoms with van der Waals surface area (Å²) in [4.78, 5) is 2.26. The Morgan fingerprint density at radius 1 is 1.28 bits per heavy atom. The molecule has 1 aromatic carbocycles. The first-order valence-corrected chi connectivity index (χ1v) is 8.05. The molecule has 5 heteroatoms. The van der Waals surface area contributed by atoms with E-state index in [9.17, 15) is 0 Å². The first kappa shape index (κ1) is 14.0. The molecule has 1 fully saturated rings. The van der Waals surface area contributed by atoms with E-state index in [0.29, 0.717) is 0 Å². The molecule has 0 saturated carbocycles. The Morgan fingerprint density at radius 2 is 1.94 bits per heavy atom. The lowest BCUT2D eigenvalue weighted by Gasteiger charge is -2.29. The number of nitrogens with one attached hydrogen (secondary N) is 1. The summed E-state index contributed by atoms with van der Waals surface area (Å²) in [5, 5.41) is 5.01. The van der Waals surface area contributed by atoms with Crippen LogP contribution in [-0.2, 0) is 6.42 Å². The second-order valence-electron chi connectivity index (χ2n) is 4.21. The summed E-state index contributed by atoms with van der Waals surface area (Å²) in [5.41, 5.74) is 1.28. The van der Waals surface area contributed by atoms with Crippen LogP contribution in [0.25, 0.3) is 0 Å². The molecule has 0 spiro atoms. The predicted octanol–water partition coefficient (Wildman–Crippen LogP) is 2.81. The third-order valence-corrected chi connectivity index (χ3v) is 4.50. The maximum absolute atomic E-state index is 5.85. The SMILES string of the molecule is S=C(NCCc1ccc(Cl)cc1)N1CCSCC1. The lowest BCUT2D eigenvalue weighted by Crippen LogP contribution is -2.44. The minimum atomic E-state index is 0.785. The summed E-state index contributed by atoms with van der Waals surface area (Å²) in [6.45, 7) is 3.01. The number of halogens is 1. The lowest BCUT2D eigenvalue weighted by atomic mass is 10.1. The molecule has 1 aromatic rings. The van der Waals surface area contributed by atoms with Gasteiger partial charge in [0.15, 0.2) is 5.11 Å². The lowest BCUT2D eigenvalue weighted by molar-refractivity contribution is 0.454. The normalized spacial score (nSPS) is 15.5. The van der Waals surface area contributed by atoms with Crippen molar-refractivity contribution in [1.29, 1.82) is 0 Å². The van der Waals surface area contributed by atoms with Gasteiger partial charge in [0.2, 0.25) is 0 Å². The van der Waals surface area contributed by atoms with Crippen LogP contribution < -0.4 is 5.32 Å². The highest BCUT2D eigenvalue weighted by atomic mass is 35.5. The molecule has 0 atom stereocenters. The second kappa shape index (κ2) is 7.22. The van der Waals surface area contributed by atoms with E-state index in [0.717, 1.165) is 36.2 Å². The van der Waals surface area contributed by atoms with Crippen LogP contribution in [0, 0.1) is 0 Å². The van der Waals surface area contributed by atoms with Gasteiger partial charge in [-0.2, -0.15) is 11.8 Å². The van der Waals surface area contributed by atoms with E-state index in [1.807, 2.05) is 23.9 Å². The van der Waals surface area contributed by atoms with Crippen LogP contribution in [-0.4, -0.2) is 41.2 Å². The number of hydrogen-bond donors (Lipinski definition) is 1. The molecule has 0 aromatic heterocycles. The maximum Gasteiger partial charge on any atom is 0.168 e. The molecule has 1 heterocycles. The highest BCUT2D eigenvalue weighted by Gasteiger charge is 2.12. The first-order valence-electron chi connectivity index (χ1n) is 6.10. The van der Waals surface area contributed by atoms with Crippen LogP contribution in [0.4, 0.5) is 0 Å². The van der Waals surface area contributed by atoms with Crippen molar-refractivity contribution in [1.82, 2.24) is 10.2 Å². The fourth-order valence-electron chi connectivity index (χ4n) is 1.84. The molecule has 0 aliphatic carbocycles. The van der Waals surface area contributed by atoms with E-state index in [1.165, 1.54) is 17.1 Å². The van der Waals surface area contributed by atoms with Gasteiger partial charge in [-0.15, -0.1) is 0 Å². The van der Waals surface area contributed by atoms with Crippen molar-refractivity contribution < 1.29 is 0 Å². The van der Waals surface area contributed by atoms with E-state index < -0.39 is 0 Å². The molecular weight excluding hydrogens is 284 g/mol. The van der Waals surface area contributed by atoms with Crippen molar-refractivity contribution in [3.05, 3.63) is 34.9 Å². The minimum absolute atomic E-state index is 0.785. The van der Waals surface area contributed by atoms with Gasteiger partial charge in [-0.05, 0) is 36.3 Å². The summed E-state index contributed by atoms with van der Waals surface area (Å²) in [5.74, 6) is 2.36. The first-order chi connectivity index (χ1) is 8.75. The molecule has 1 aliphatic rings. The molecule has 1 saturated heterocycles. The van der Waals surface area contributed by atoms with Crippen LogP contribution >= 0.6 is 35.6 Å². The highest BCUT2D eigenvalue weighted by molar-refractivity contribution is 7.99. The Morgan fingerprint density at radius 3 is 2.61 bits per heavy atom. The van der Waals surface area contributed by atoms with E-state index in [2.05, 4.69) is 22.3 Å². The second-order valence-corrected chi connectivity index (χ2v) is 6.26. The Hall–Kier alpha value is -0.450. The zero-order valence-electron chi connectivity index (χ0n) is 10.2. The van der Waals surface area contributed by atoms with E-state index in [4.69, 9.17) is 23.8 Å². The van der Waals surface area contributed by atoms with E-state index in [1.54, 1.807) is 0 Å². The van der Waals surface area contributed by atoms with Gasteiger partial charge in [0.1, 0.15) is 0 Å². The summed E-state index contributed by atoms with van der Waals surface area (Å²) in [7, 11) is 0. The highest BCUT2D eigenvalue weighted by Crippen LogP contribution is 2.10. The number of benzene rings is 1. The maximum atomic E-state index is 5.85. The summed E-state index contributed by atoms with van der Waals surface area (Å²) >= 11 is 13.2. The van der Waals surface area contributed by atoms with E-state index in [-0.39, 0.29) is 0 Å². The molecule has 2 rings (SSSR count). The van der Waals surface area contributed by atoms with Crippen molar-refractivity contribution in [2.75, 3.05) is 31.1 Å². The van der Waals surface area contributed by atoms with Crippen LogP contribution in [0.5, 0.6) is 0 Å². The van der Waals surface area contributed by atoms with Gasteiger partial charge in [0.25, 0.3) is 0 Å². The van der Waals surface area contributed by atoms with Crippen LogP contribution in [0.3, 0.4) is 0 Å². The van der Waals surface area contributed by atoms with Crippen LogP contribution in [0.2, 0.25) is 5.02 Å². The van der Waals surface area contributed by atoms with Gasteiger partial charge in [-0.3, -0.25) is 0 Å². The van der Waals surface area contributed by atoms with Crippen molar-refractivity contribution in [2.45, 2.75) is 6.42 Å². The van der Waals surface area contributed by atoms with Crippen molar-refractivity contribution in [2.24, 2.45) is 0 Å². The molecule has 1 aliphatic heterocycles. The molecule has 0 amide bonds. The van der Waals surface area contributed by atoms with Gasteiger partial charge in [-0.25, -0.2) is 0 Å². The number of thioether (sulfide) groups is 1. The molecule has 98 valence electrons. The molecule has 2 nitrogen and oxygen atoms in total. The van der Waals surface area contributed by atoms with Crippen molar-refractivity contribution >= 4 is 40.7 Å². The van der Waals surface area contributed by atoms with Crippen LogP contribution in [0.1, 0.15) is 5.56 Å². The van der Waals surface area contributed by atoms with Crippen molar-refractivity contribution in [3.8, 4) is 0 Å². The Bertz CT molecular complexity index is 388. The Labute approximate surface area is 123 Å². The number of thiocarbonyl (C=S) groups is 1. The fourth-order valence-corrected chi connectivity index (χ4v) is 3.16. The van der Waals surface area contributed by atoms with Gasteiger partial charge < -0.3 is 10.2 Å². The fraction of sp³-hybridized carbons (Fsp3) is 0.462. The van der Waals surface area contributed by atoms with Crippen LogP contribution in [0.15, 0.2) is 24.3 Å². The smallest absolute Gasteiger partial charge is 0.168 e. The third-order valence-electron chi connectivity index (χ3n) is 2.90. The summed E-state index contributed by atoms with van der Waals surface area (Å²) in [6.07, 6.45) is 0.972. The molecule has 1 N–H and O–H groups in total. The summed E-state index contributed by atoms with van der Waals surface area (Å²) in [6, 6.07) is 7.98. The molecule has 0 bridgehead atoms. The molecule has 18 heavy (non-hydrogen) atoms. The van der Waals surface area contributed by atoms with Gasteiger partial charge >= 0.3 is 0 Å². The minimum Gasteiger partial charge on any atom is -0.362 e. The monoisotopic (exact) mass is 300 g/mol. The quantitative estimate of drug-likeness (QED) is 0.863. The Balaban J connectivity index is 1.71. The molecule has 0 radical (unpaired) electrons. The Kier molecular flexibility index (Phi) is 5.60. The van der Waals surface area contributed by atoms with E-state index >= 15 is 0 Å². The average Bonchev–Trinajstić information content (AvgIpc) is 2.42. The van der Waals surface area contributed by atoms with Gasteiger partial charge in [0, 0.05) is 36.2 Å². The van der Waals surface area contributed by atoms with Crippen molar-refractivity contribution in [3.63, 3.8) is 0 Å². The van der Waals surface area contributed by atoms with Gasteiger partial charge in [0.05, 0.1) is 0 Å². The molecular formula is C13H17ClN2S2. The third kappa shape index (κ3) is 4.34. The molecule has 0 unspecified atom stereocenters. The topological polar surface area (TPSA) is 15.3 Å². The largest absolute Gasteiger partial charge is 0.362 e. The summed E-state index contributed by atoms with van der Waals surface area (Å²) < 4.78 is 0. The zero-order chi connectivity index (χ0) is 12.8. The number of nitrogens with zero attached hydrogens (tertiary/aromatic N) is 1. The standard InChI is InChI=1S/C13H17ClN2S2/c14-12-3-1-11(2-4-12)5-6-15-13(17)16-7-9-18-10-8-16/h1-4H,5-10H2,(H,15,17). The zero-order valence-corrected chi connectivity index (χ0v) is 12.6. The number of rotatable bonds is 3.